The van der Waals surface area contributed by atoms with Gasteiger partial charge in [-0.05, 0) is 24.6 Å². The van der Waals surface area contributed by atoms with E-state index in [0.717, 1.165) is 16.0 Å². The van der Waals surface area contributed by atoms with Gasteiger partial charge >= 0.3 is 0 Å². The number of benzene rings is 1. The zero-order valence-electron chi connectivity index (χ0n) is 8.51. The largest absolute Gasteiger partial charge is 0.507 e. The van der Waals surface area contributed by atoms with E-state index in [2.05, 4.69) is 0 Å². The van der Waals surface area contributed by atoms with Crippen LogP contribution in [0, 0.1) is 17.0 Å². The van der Waals surface area contributed by atoms with Gasteiger partial charge in [0.05, 0.1) is 4.92 Å². The number of thiophene rings is 1. The number of hydrogen-bond donors (Lipinski definition) is 1. The van der Waals surface area contributed by atoms with Gasteiger partial charge in [0, 0.05) is 28.0 Å². The SMILES string of the molecule is Cc1c(O)csc1-c1ccc([N+](=O)[O-])cc1. The fourth-order valence-electron chi connectivity index (χ4n) is 1.43. The zero-order valence-corrected chi connectivity index (χ0v) is 9.32. The van der Waals surface area contributed by atoms with Crippen LogP contribution in [0.2, 0.25) is 0 Å². The van der Waals surface area contributed by atoms with Crippen molar-refractivity contribution < 1.29 is 10.0 Å². The van der Waals surface area contributed by atoms with E-state index in [4.69, 9.17) is 0 Å². The standard InChI is InChI=1S/C11H9NO3S/c1-7-10(13)6-16-11(7)8-2-4-9(5-3-8)12(14)15/h2-6,13H,1H3. The molecular weight excluding hydrogens is 226 g/mol. The Balaban J connectivity index is 2.42. The van der Waals surface area contributed by atoms with Gasteiger partial charge in [0.25, 0.3) is 5.69 Å². The van der Waals surface area contributed by atoms with E-state index in [0.29, 0.717) is 0 Å². The number of aromatic hydroxyl groups is 1. The summed E-state index contributed by atoms with van der Waals surface area (Å²) in [6, 6.07) is 6.31. The monoisotopic (exact) mass is 235 g/mol. The van der Waals surface area contributed by atoms with Crippen molar-refractivity contribution in [2.75, 3.05) is 0 Å². The van der Waals surface area contributed by atoms with Crippen molar-refractivity contribution in [1.82, 2.24) is 0 Å². The molecule has 0 aliphatic heterocycles. The summed E-state index contributed by atoms with van der Waals surface area (Å²) in [5.41, 5.74) is 1.76. The lowest BCUT2D eigenvalue weighted by Gasteiger charge is -1.99. The summed E-state index contributed by atoms with van der Waals surface area (Å²) in [6.07, 6.45) is 0. The second-order valence-electron chi connectivity index (χ2n) is 3.38. The predicted octanol–water partition coefficient (Wildman–Crippen LogP) is 3.34. The molecule has 0 aliphatic rings. The average Bonchev–Trinajstić information content (AvgIpc) is 2.60. The molecule has 0 fully saturated rings. The van der Waals surface area contributed by atoms with Gasteiger partial charge in [-0.25, -0.2) is 0 Å². The molecule has 5 heteroatoms. The lowest BCUT2D eigenvalue weighted by molar-refractivity contribution is -0.384. The highest BCUT2D eigenvalue weighted by molar-refractivity contribution is 7.14. The minimum Gasteiger partial charge on any atom is -0.507 e. The second-order valence-corrected chi connectivity index (χ2v) is 4.26. The Labute approximate surface area is 95.9 Å². The highest BCUT2D eigenvalue weighted by Crippen LogP contribution is 2.36. The minimum absolute atomic E-state index is 0.0715. The quantitative estimate of drug-likeness (QED) is 0.641. The molecule has 82 valence electrons. The van der Waals surface area contributed by atoms with Crippen LogP contribution in [-0.2, 0) is 0 Å². The van der Waals surface area contributed by atoms with Gasteiger partial charge in [0.2, 0.25) is 0 Å². The van der Waals surface area contributed by atoms with Gasteiger partial charge in [-0.1, -0.05) is 0 Å². The van der Waals surface area contributed by atoms with E-state index in [9.17, 15) is 15.2 Å². The molecule has 0 radical (unpaired) electrons. The Morgan fingerprint density at radius 2 is 1.94 bits per heavy atom. The molecular formula is C11H9NO3S. The topological polar surface area (TPSA) is 63.4 Å². The third-order valence-electron chi connectivity index (χ3n) is 2.35. The Kier molecular flexibility index (Phi) is 2.62. The first-order valence-electron chi connectivity index (χ1n) is 4.61. The smallest absolute Gasteiger partial charge is 0.269 e. The number of hydrogen-bond acceptors (Lipinski definition) is 4. The van der Waals surface area contributed by atoms with Crippen LogP contribution in [0.25, 0.3) is 10.4 Å². The molecule has 0 atom stereocenters. The summed E-state index contributed by atoms with van der Waals surface area (Å²) in [5, 5.41) is 21.6. The van der Waals surface area contributed by atoms with Crippen molar-refractivity contribution in [2.24, 2.45) is 0 Å². The summed E-state index contributed by atoms with van der Waals surface area (Å²) in [6.45, 7) is 1.82. The highest BCUT2D eigenvalue weighted by Gasteiger charge is 2.10. The Morgan fingerprint density at radius 3 is 2.38 bits per heavy atom. The number of nitro groups is 1. The minimum atomic E-state index is -0.428. The fraction of sp³-hybridized carbons (Fsp3) is 0.0909. The summed E-state index contributed by atoms with van der Waals surface area (Å²) < 4.78 is 0. The maximum absolute atomic E-state index is 10.5. The molecule has 0 unspecified atom stereocenters. The van der Waals surface area contributed by atoms with Crippen LogP contribution in [0.3, 0.4) is 0 Å². The maximum atomic E-state index is 10.5. The molecule has 0 amide bonds. The van der Waals surface area contributed by atoms with Gasteiger partial charge in [0.1, 0.15) is 5.75 Å². The first kappa shape index (κ1) is 10.6. The molecule has 2 aromatic rings. The van der Waals surface area contributed by atoms with Crippen molar-refractivity contribution in [3.8, 4) is 16.2 Å². The van der Waals surface area contributed by atoms with Crippen LogP contribution in [0.1, 0.15) is 5.56 Å². The Hall–Kier alpha value is -1.88. The molecule has 0 saturated carbocycles. The molecule has 0 bridgehead atoms. The Morgan fingerprint density at radius 1 is 1.31 bits per heavy atom. The highest BCUT2D eigenvalue weighted by atomic mass is 32.1. The van der Waals surface area contributed by atoms with Crippen molar-refractivity contribution in [3.05, 3.63) is 45.3 Å². The van der Waals surface area contributed by atoms with Gasteiger partial charge < -0.3 is 5.11 Å². The molecule has 0 saturated heterocycles. The molecule has 0 spiro atoms. The van der Waals surface area contributed by atoms with Gasteiger partial charge in [-0.3, -0.25) is 10.1 Å². The van der Waals surface area contributed by atoms with Crippen molar-refractivity contribution in [3.63, 3.8) is 0 Å². The van der Waals surface area contributed by atoms with Crippen molar-refractivity contribution in [1.29, 1.82) is 0 Å². The van der Waals surface area contributed by atoms with E-state index in [-0.39, 0.29) is 11.4 Å². The summed E-state index contributed by atoms with van der Waals surface area (Å²) in [7, 11) is 0. The summed E-state index contributed by atoms with van der Waals surface area (Å²) >= 11 is 1.42. The molecule has 16 heavy (non-hydrogen) atoms. The van der Waals surface area contributed by atoms with Crippen LogP contribution in [-0.4, -0.2) is 10.0 Å². The summed E-state index contributed by atoms with van der Waals surface area (Å²) in [4.78, 5) is 11.0. The molecule has 1 N–H and O–H groups in total. The van der Waals surface area contributed by atoms with Crippen LogP contribution < -0.4 is 0 Å². The molecule has 4 nitrogen and oxygen atoms in total. The van der Waals surface area contributed by atoms with Crippen molar-refractivity contribution >= 4 is 17.0 Å². The second kappa shape index (κ2) is 3.94. The van der Waals surface area contributed by atoms with Crippen LogP contribution in [0.5, 0.6) is 5.75 Å². The van der Waals surface area contributed by atoms with Crippen molar-refractivity contribution in [2.45, 2.75) is 6.92 Å². The van der Waals surface area contributed by atoms with Crippen LogP contribution >= 0.6 is 11.3 Å². The fourth-order valence-corrected chi connectivity index (χ4v) is 2.39. The lowest BCUT2D eigenvalue weighted by Crippen LogP contribution is -1.86. The number of nitrogens with zero attached hydrogens (tertiary/aromatic N) is 1. The van der Waals surface area contributed by atoms with Gasteiger partial charge in [-0.2, -0.15) is 0 Å². The maximum Gasteiger partial charge on any atom is 0.269 e. The number of non-ortho nitro benzene ring substituents is 1. The third-order valence-corrected chi connectivity index (χ3v) is 3.47. The molecule has 2 rings (SSSR count). The molecule has 1 aromatic heterocycles. The van der Waals surface area contributed by atoms with E-state index < -0.39 is 4.92 Å². The lowest BCUT2D eigenvalue weighted by atomic mass is 10.1. The predicted molar refractivity (Wildman–Crippen MR) is 62.8 cm³/mol. The first-order valence-corrected chi connectivity index (χ1v) is 5.49. The van der Waals surface area contributed by atoms with Crippen LogP contribution in [0.4, 0.5) is 5.69 Å². The van der Waals surface area contributed by atoms with E-state index in [1.54, 1.807) is 17.5 Å². The molecule has 1 aromatic carbocycles. The normalized spacial score (nSPS) is 10.3. The van der Waals surface area contributed by atoms with E-state index in [1.165, 1.54) is 23.5 Å². The Bertz CT molecular complexity index is 531. The average molecular weight is 235 g/mol. The number of rotatable bonds is 2. The molecule has 0 aliphatic carbocycles. The molecule has 1 heterocycles. The van der Waals surface area contributed by atoms with Crippen LogP contribution in [0.15, 0.2) is 29.6 Å². The van der Waals surface area contributed by atoms with E-state index >= 15 is 0 Å². The zero-order chi connectivity index (χ0) is 11.7. The van der Waals surface area contributed by atoms with E-state index in [1.807, 2.05) is 6.92 Å². The van der Waals surface area contributed by atoms with Gasteiger partial charge in [-0.15, -0.1) is 11.3 Å². The van der Waals surface area contributed by atoms with Gasteiger partial charge in [0.15, 0.2) is 0 Å². The first-order chi connectivity index (χ1) is 7.59. The third kappa shape index (κ3) is 1.77. The summed E-state index contributed by atoms with van der Waals surface area (Å²) in [5.74, 6) is 0.262. The number of nitro benzene ring substituents is 1.